The fraction of sp³-hybridized carbons (Fsp3) is 0.385. The van der Waals surface area contributed by atoms with Crippen LogP contribution in [0.15, 0.2) is 54.9 Å². The smallest absolute Gasteiger partial charge is 0.406 e. The first-order valence-electron chi connectivity index (χ1n) is 12.8. The van der Waals surface area contributed by atoms with Crippen LogP contribution >= 0.6 is 0 Å². The Morgan fingerprint density at radius 1 is 0.821 bits per heavy atom. The number of hydrogen-bond acceptors (Lipinski definition) is 9. The number of morpholine rings is 1. The number of imidazole rings is 1. The molecule has 4 heterocycles. The maximum atomic E-state index is 12.4. The second kappa shape index (κ2) is 10.6. The van der Waals surface area contributed by atoms with E-state index in [0.29, 0.717) is 57.2 Å². The van der Waals surface area contributed by atoms with E-state index in [4.69, 9.17) is 19.7 Å². The lowest BCUT2D eigenvalue weighted by atomic mass is 10.0. The van der Waals surface area contributed by atoms with E-state index < -0.39 is 6.36 Å². The van der Waals surface area contributed by atoms with E-state index in [1.165, 1.54) is 12.1 Å². The highest BCUT2D eigenvalue weighted by Gasteiger charge is 2.31. The SMILES string of the molecule is FC(F)(F)Oc1ccc(NC2CCN(c3nc(N4CCOCC4)nc(-n4cnc5ccccc54)n3)CC2)cc1. The molecule has 2 fully saturated rings. The minimum Gasteiger partial charge on any atom is -0.406 e. The van der Waals surface area contributed by atoms with Crippen LogP contribution in [0.25, 0.3) is 17.0 Å². The van der Waals surface area contributed by atoms with E-state index in [1.807, 2.05) is 28.8 Å². The summed E-state index contributed by atoms with van der Waals surface area (Å²) in [5, 5.41) is 3.41. The Hall–Kier alpha value is -4.13. The van der Waals surface area contributed by atoms with Crippen molar-refractivity contribution < 1.29 is 22.6 Å². The number of fused-ring (bicyclic) bond motifs is 1. The summed E-state index contributed by atoms with van der Waals surface area (Å²) in [5.74, 6) is 1.48. The van der Waals surface area contributed by atoms with Crippen LogP contribution in [-0.2, 0) is 4.74 Å². The molecule has 0 radical (unpaired) electrons. The van der Waals surface area contributed by atoms with Crippen molar-refractivity contribution in [2.45, 2.75) is 25.2 Å². The van der Waals surface area contributed by atoms with Gasteiger partial charge >= 0.3 is 6.36 Å². The number of alkyl halides is 3. The van der Waals surface area contributed by atoms with Gasteiger partial charge < -0.3 is 24.6 Å². The minimum atomic E-state index is -4.71. The molecule has 2 aromatic heterocycles. The molecule has 4 aromatic rings. The molecule has 0 amide bonds. The average Bonchev–Trinajstić information content (AvgIpc) is 3.38. The number of para-hydroxylation sites is 2. The summed E-state index contributed by atoms with van der Waals surface area (Å²) >= 11 is 0. The normalized spacial score (nSPS) is 17.0. The molecular formula is C26H27F3N8O2. The zero-order chi connectivity index (χ0) is 26.8. The number of piperidine rings is 1. The summed E-state index contributed by atoms with van der Waals surface area (Å²) in [6, 6.07) is 13.8. The van der Waals surface area contributed by atoms with E-state index in [0.717, 1.165) is 29.6 Å². The van der Waals surface area contributed by atoms with Crippen molar-refractivity contribution in [2.75, 3.05) is 54.5 Å². The molecule has 2 aliphatic rings. The van der Waals surface area contributed by atoms with E-state index in [-0.39, 0.29) is 11.8 Å². The van der Waals surface area contributed by atoms with Gasteiger partial charge in [0, 0.05) is 37.9 Å². The number of rotatable bonds is 6. The molecule has 39 heavy (non-hydrogen) atoms. The lowest BCUT2D eigenvalue weighted by molar-refractivity contribution is -0.274. The number of benzene rings is 2. The predicted molar refractivity (Wildman–Crippen MR) is 139 cm³/mol. The number of anilines is 3. The number of nitrogens with zero attached hydrogens (tertiary/aromatic N) is 7. The maximum Gasteiger partial charge on any atom is 0.573 e. The monoisotopic (exact) mass is 540 g/mol. The highest BCUT2D eigenvalue weighted by Crippen LogP contribution is 2.27. The van der Waals surface area contributed by atoms with Crippen LogP contribution in [0.4, 0.5) is 30.8 Å². The molecule has 10 nitrogen and oxygen atoms in total. The zero-order valence-corrected chi connectivity index (χ0v) is 21.0. The second-order valence-corrected chi connectivity index (χ2v) is 9.42. The molecule has 0 atom stereocenters. The van der Waals surface area contributed by atoms with E-state index in [9.17, 15) is 13.2 Å². The van der Waals surface area contributed by atoms with Crippen LogP contribution in [0.3, 0.4) is 0 Å². The lowest BCUT2D eigenvalue weighted by Gasteiger charge is -2.34. The summed E-state index contributed by atoms with van der Waals surface area (Å²) in [7, 11) is 0. The van der Waals surface area contributed by atoms with Gasteiger partial charge in [-0.2, -0.15) is 15.0 Å². The van der Waals surface area contributed by atoms with E-state index >= 15 is 0 Å². The molecule has 0 aliphatic carbocycles. The van der Waals surface area contributed by atoms with Gasteiger partial charge in [0.1, 0.15) is 12.1 Å². The molecule has 6 rings (SSSR count). The van der Waals surface area contributed by atoms with Gasteiger partial charge in [-0.3, -0.25) is 4.57 Å². The first-order chi connectivity index (χ1) is 18.9. The Kier molecular flexibility index (Phi) is 6.81. The van der Waals surface area contributed by atoms with Gasteiger partial charge in [-0.05, 0) is 49.2 Å². The Balaban J connectivity index is 1.19. The molecule has 2 aromatic carbocycles. The fourth-order valence-corrected chi connectivity index (χ4v) is 4.83. The van der Waals surface area contributed by atoms with Crippen LogP contribution in [0.1, 0.15) is 12.8 Å². The standard InChI is InChI=1S/C26H27F3N8O2/c27-26(28,29)39-20-7-5-18(6-8-20)31-19-9-11-35(12-10-19)23-32-24(36-13-15-38-16-14-36)34-25(33-23)37-17-30-21-3-1-2-4-22(21)37/h1-8,17,19,31H,9-16H2. The van der Waals surface area contributed by atoms with Crippen LogP contribution in [0, 0.1) is 0 Å². The topological polar surface area (TPSA) is 93.5 Å². The Bertz CT molecular complexity index is 1410. The van der Waals surface area contributed by atoms with Crippen LogP contribution in [0.2, 0.25) is 0 Å². The first-order valence-corrected chi connectivity index (χ1v) is 12.8. The molecule has 204 valence electrons. The van der Waals surface area contributed by atoms with Gasteiger partial charge in [0.05, 0.1) is 24.2 Å². The number of hydrogen-bond donors (Lipinski definition) is 1. The number of nitrogens with one attached hydrogen (secondary N) is 1. The molecule has 2 aliphatic heterocycles. The van der Waals surface area contributed by atoms with Crippen molar-refractivity contribution in [1.82, 2.24) is 24.5 Å². The second-order valence-electron chi connectivity index (χ2n) is 9.42. The number of aromatic nitrogens is 5. The van der Waals surface area contributed by atoms with Gasteiger partial charge in [0.2, 0.25) is 17.8 Å². The van der Waals surface area contributed by atoms with Gasteiger partial charge in [-0.25, -0.2) is 4.98 Å². The minimum absolute atomic E-state index is 0.160. The van der Waals surface area contributed by atoms with Crippen LogP contribution < -0.4 is 19.9 Å². The predicted octanol–water partition coefficient (Wildman–Crippen LogP) is 4.03. The molecule has 13 heteroatoms. The maximum absolute atomic E-state index is 12.4. The summed E-state index contributed by atoms with van der Waals surface area (Å²) in [6.07, 6.45) is -1.36. The quantitative estimate of drug-likeness (QED) is 0.389. The highest BCUT2D eigenvalue weighted by atomic mass is 19.4. The summed E-state index contributed by atoms with van der Waals surface area (Å²) < 4.78 is 48.6. The largest absolute Gasteiger partial charge is 0.573 e. The van der Waals surface area contributed by atoms with Crippen LogP contribution in [-0.4, -0.2) is 76.3 Å². The van der Waals surface area contributed by atoms with Gasteiger partial charge in [0.15, 0.2) is 0 Å². The number of halogens is 3. The summed E-state index contributed by atoms with van der Waals surface area (Å²) in [4.78, 5) is 23.2. The van der Waals surface area contributed by atoms with Crippen LogP contribution in [0.5, 0.6) is 5.75 Å². The van der Waals surface area contributed by atoms with E-state index in [2.05, 4.69) is 24.8 Å². The summed E-state index contributed by atoms with van der Waals surface area (Å²) in [6.45, 7) is 4.06. The van der Waals surface area contributed by atoms with Crippen molar-refractivity contribution >= 4 is 28.6 Å². The third kappa shape index (κ3) is 5.82. The molecule has 0 unspecified atom stereocenters. The zero-order valence-electron chi connectivity index (χ0n) is 21.0. The van der Waals surface area contributed by atoms with Crippen molar-refractivity contribution in [3.05, 3.63) is 54.9 Å². The van der Waals surface area contributed by atoms with Crippen molar-refractivity contribution in [1.29, 1.82) is 0 Å². The molecule has 0 spiro atoms. The average molecular weight is 541 g/mol. The van der Waals surface area contributed by atoms with E-state index in [1.54, 1.807) is 18.5 Å². The molecule has 2 saturated heterocycles. The summed E-state index contributed by atoms with van der Waals surface area (Å²) in [5.41, 5.74) is 2.52. The third-order valence-electron chi connectivity index (χ3n) is 6.80. The number of ether oxygens (including phenoxy) is 2. The van der Waals surface area contributed by atoms with Gasteiger partial charge in [-0.1, -0.05) is 12.1 Å². The highest BCUT2D eigenvalue weighted by molar-refractivity contribution is 5.76. The van der Waals surface area contributed by atoms with Crippen molar-refractivity contribution in [3.63, 3.8) is 0 Å². The van der Waals surface area contributed by atoms with Crippen molar-refractivity contribution in [2.24, 2.45) is 0 Å². The molecular weight excluding hydrogens is 513 g/mol. The van der Waals surface area contributed by atoms with Gasteiger partial charge in [-0.15, -0.1) is 13.2 Å². The first kappa shape index (κ1) is 25.2. The molecule has 0 saturated carbocycles. The van der Waals surface area contributed by atoms with Gasteiger partial charge in [0.25, 0.3) is 0 Å². The lowest BCUT2D eigenvalue weighted by Crippen LogP contribution is -2.41. The Morgan fingerprint density at radius 2 is 1.46 bits per heavy atom. The Morgan fingerprint density at radius 3 is 2.15 bits per heavy atom. The third-order valence-corrected chi connectivity index (χ3v) is 6.80. The van der Waals surface area contributed by atoms with Crippen molar-refractivity contribution in [3.8, 4) is 11.7 Å². The molecule has 1 N–H and O–H groups in total. The Labute approximate surface area is 222 Å². The molecule has 0 bridgehead atoms. The fourth-order valence-electron chi connectivity index (χ4n) is 4.83.